The third-order valence-electron chi connectivity index (χ3n) is 4.36. The standard InChI is InChI=1S/C16H23N3S/c1-12-5-7-13(8-6-12)18-15(14-4-3-11-20-14)16-17-9-10-19(16)2/h3-4,9-13,15,18H,5-8H2,1-2H3. The minimum Gasteiger partial charge on any atom is -0.336 e. The van der Waals surface area contributed by atoms with Crippen LogP contribution >= 0.6 is 11.3 Å². The zero-order valence-corrected chi connectivity index (χ0v) is 13.1. The van der Waals surface area contributed by atoms with Gasteiger partial charge in [0, 0.05) is 30.4 Å². The number of hydrogen-bond donors (Lipinski definition) is 1. The minimum atomic E-state index is 0.230. The maximum Gasteiger partial charge on any atom is 0.131 e. The third-order valence-corrected chi connectivity index (χ3v) is 5.30. The molecule has 1 aliphatic carbocycles. The van der Waals surface area contributed by atoms with Gasteiger partial charge in [-0.3, -0.25) is 0 Å². The largest absolute Gasteiger partial charge is 0.336 e. The molecule has 2 aromatic heterocycles. The van der Waals surface area contributed by atoms with Crippen LogP contribution in [0.15, 0.2) is 29.9 Å². The predicted octanol–water partition coefficient (Wildman–Crippen LogP) is 3.74. The first kappa shape index (κ1) is 13.8. The Kier molecular flexibility index (Phi) is 4.22. The Morgan fingerprint density at radius 3 is 2.75 bits per heavy atom. The van der Waals surface area contributed by atoms with Crippen LogP contribution in [0, 0.1) is 5.92 Å². The summed E-state index contributed by atoms with van der Waals surface area (Å²) in [5.74, 6) is 2.01. The van der Waals surface area contributed by atoms with Crippen LogP contribution in [0.2, 0.25) is 0 Å². The number of thiophene rings is 1. The van der Waals surface area contributed by atoms with Gasteiger partial charge in [0.1, 0.15) is 11.9 Å². The average Bonchev–Trinajstić information content (AvgIpc) is 3.10. The lowest BCUT2D eigenvalue weighted by Gasteiger charge is -2.30. The van der Waals surface area contributed by atoms with E-state index in [0.29, 0.717) is 6.04 Å². The first-order valence-electron chi connectivity index (χ1n) is 7.50. The smallest absolute Gasteiger partial charge is 0.131 e. The SMILES string of the molecule is CC1CCC(NC(c2cccs2)c2nccn2C)CC1. The Morgan fingerprint density at radius 2 is 2.15 bits per heavy atom. The van der Waals surface area contributed by atoms with Gasteiger partial charge in [-0.05, 0) is 43.0 Å². The molecule has 108 valence electrons. The second kappa shape index (κ2) is 6.10. The number of nitrogens with zero attached hydrogens (tertiary/aromatic N) is 2. The summed E-state index contributed by atoms with van der Waals surface area (Å²) in [4.78, 5) is 5.92. The Hall–Kier alpha value is -1.13. The average molecular weight is 289 g/mol. The normalized spacial score (nSPS) is 24.7. The Bertz CT molecular complexity index is 524. The van der Waals surface area contributed by atoms with E-state index < -0.39 is 0 Å². The van der Waals surface area contributed by atoms with Crippen LogP contribution in [-0.4, -0.2) is 15.6 Å². The molecule has 0 aliphatic heterocycles. The number of imidazole rings is 1. The van der Waals surface area contributed by atoms with Crippen molar-refractivity contribution in [3.05, 3.63) is 40.6 Å². The van der Waals surface area contributed by atoms with Gasteiger partial charge >= 0.3 is 0 Å². The molecule has 0 aromatic carbocycles. The molecular weight excluding hydrogens is 266 g/mol. The van der Waals surface area contributed by atoms with Gasteiger partial charge in [-0.2, -0.15) is 0 Å². The van der Waals surface area contributed by atoms with Gasteiger partial charge in [0.25, 0.3) is 0 Å². The highest BCUT2D eigenvalue weighted by molar-refractivity contribution is 7.10. The summed E-state index contributed by atoms with van der Waals surface area (Å²) >= 11 is 1.81. The van der Waals surface area contributed by atoms with Gasteiger partial charge < -0.3 is 9.88 Å². The molecule has 3 nitrogen and oxygen atoms in total. The molecular formula is C16H23N3S. The summed E-state index contributed by atoms with van der Waals surface area (Å²) in [6.07, 6.45) is 9.17. The topological polar surface area (TPSA) is 29.9 Å². The van der Waals surface area contributed by atoms with Crippen molar-refractivity contribution in [2.75, 3.05) is 0 Å². The fourth-order valence-electron chi connectivity index (χ4n) is 3.06. The van der Waals surface area contributed by atoms with E-state index in [2.05, 4.69) is 46.4 Å². The molecule has 2 aromatic rings. The van der Waals surface area contributed by atoms with Crippen molar-refractivity contribution in [3.63, 3.8) is 0 Å². The van der Waals surface area contributed by atoms with E-state index in [1.165, 1.54) is 30.6 Å². The summed E-state index contributed by atoms with van der Waals surface area (Å²) in [7, 11) is 2.08. The maximum absolute atomic E-state index is 4.56. The van der Waals surface area contributed by atoms with E-state index in [1.807, 2.05) is 23.7 Å². The highest BCUT2D eigenvalue weighted by atomic mass is 32.1. The molecule has 0 radical (unpaired) electrons. The van der Waals surface area contributed by atoms with Crippen molar-refractivity contribution in [1.29, 1.82) is 0 Å². The molecule has 1 aliphatic rings. The van der Waals surface area contributed by atoms with Crippen molar-refractivity contribution < 1.29 is 0 Å². The van der Waals surface area contributed by atoms with Gasteiger partial charge in [0.2, 0.25) is 0 Å². The lowest BCUT2D eigenvalue weighted by Crippen LogP contribution is -2.37. The van der Waals surface area contributed by atoms with Crippen LogP contribution in [-0.2, 0) is 7.05 Å². The summed E-state index contributed by atoms with van der Waals surface area (Å²) in [6, 6.07) is 5.19. The molecule has 20 heavy (non-hydrogen) atoms. The predicted molar refractivity (Wildman–Crippen MR) is 83.9 cm³/mol. The Morgan fingerprint density at radius 1 is 1.35 bits per heavy atom. The molecule has 1 unspecified atom stereocenters. The molecule has 3 rings (SSSR count). The van der Waals surface area contributed by atoms with E-state index in [-0.39, 0.29) is 6.04 Å². The van der Waals surface area contributed by atoms with E-state index in [0.717, 1.165) is 11.7 Å². The molecule has 0 bridgehead atoms. The number of nitrogens with one attached hydrogen (secondary N) is 1. The Labute approximate surface area is 125 Å². The zero-order chi connectivity index (χ0) is 13.9. The molecule has 1 N–H and O–H groups in total. The molecule has 0 spiro atoms. The summed E-state index contributed by atoms with van der Waals surface area (Å²) in [5.41, 5.74) is 0. The zero-order valence-electron chi connectivity index (χ0n) is 12.2. The summed E-state index contributed by atoms with van der Waals surface area (Å²) in [5, 5.41) is 6.00. The fraction of sp³-hybridized carbons (Fsp3) is 0.562. The van der Waals surface area contributed by atoms with Crippen molar-refractivity contribution in [2.45, 2.75) is 44.7 Å². The van der Waals surface area contributed by atoms with Crippen molar-refractivity contribution in [2.24, 2.45) is 13.0 Å². The highest BCUT2D eigenvalue weighted by Gasteiger charge is 2.25. The van der Waals surface area contributed by atoms with E-state index in [1.54, 1.807) is 0 Å². The quantitative estimate of drug-likeness (QED) is 0.929. The number of aromatic nitrogens is 2. The van der Waals surface area contributed by atoms with Crippen LogP contribution in [0.4, 0.5) is 0 Å². The van der Waals surface area contributed by atoms with Crippen molar-refractivity contribution in [1.82, 2.24) is 14.9 Å². The number of aryl methyl sites for hydroxylation is 1. The molecule has 4 heteroatoms. The van der Waals surface area contributed by atoms with Gasteiger partial charge in [-0.1, -0.05) is 13.0 Å². The molecule has 0 saturated heterocycles. The first-order valence-corrected chi connectivity index (χ1v) is 8.38. The van der Waals surface area contributed by atoms with Crippen LogP contribution in [0.5, 0.6) is 0 Å². The maximum atomic E-state index is 4.56. The van der Waals surface area contributed by atoms with E-state index in [4.69, 9.17) is 0 Å². The highest BCUT2D eigenvalue weighted by Crippen LogP contribution is 2.29. The summed E-state index contributed by atoms with van der Waals surface area (Å²) < 4.78 is 2.13. The second-order valence-electron chi connectivity index (χ2n) is 5.97. The van der Waals surface area contributed by atoms with Gasteiger partial charge in [-0.25, -0.2) is 4.98 Å². The lowest BCUT2D eigenvalue weighted by molar-refractivity contribution is 0.293. The van der Waals surface area contributed by atoms with Crippen LogP contribution in [0.25, 0.3) is 0 Å². The molecule has 2 heterocycles. The third kappa shape index (κ3) is 2.96. The molecule has 0 amide bonds. The molecule has 1 atom stereocenters. The van der Waals surface area contributed by atoms with E-state index in [9.17, 15) is 0 Å². The summed E-state index contributed by atoms with van der Waals surface area (Å²) in [6.45, 7) is 2.37. The monoisotopic (exact) mass is 289 g/mol. The van der Waals surface area contributed by atoms with Gasteiger partial charge in [0.15, 0.2) is 0 Å². The minimum absolute atomic E-state index is 0.230. The number of rotatable bonds is 4. The van der Waals surface area contributed by atoms with Gasteiger partial charge in [0.05, 0.1) is 0 Å². The number of hydrogen-bond acceptors (Lipinski definition) is 3. The van der Waals surface area contributed by atoms with Crippen LogP contribution in [0.1, 0.15) is 49.4 Å². The Balaban J connectivity index is 1.78. The first-order chi connectivity index (χ1) is 9.74. The lowest BCUT2D eigenvalue weighted by atomic mass is 9.87. The second-order valence-corrected chi connectivity index (χ2v) is 6.95. The fourth-order valence-corrected chi connectivity index (χ4v) is 3.84. The van der Waals surface area contributed by atoms with Gasteiger partial charge in [-0.15, -0.1) is 11.3 Å². The van der Waals surface area contributed by atoms with Crippen LogP contribution < -0.4 is 5.32 Å². The van der Waals surface area contributed by atoms with Crippen LogP contribution in [0.3, 0.4) is 0 Å². The van der Waals surface area contributed by atoms with Crippen molar-refractivity contribution in [3.8, 4) is 0 Å². The van der Waals surface area contributed by atoms with E-state index >= 15 is 0 Å². The molecule has 1 fully saturated rings. The van der Waals surface area contributed by atoms with Crippen molar-refractivity contribution >= 4 is 11.3 Å². The molecule has 1 saturated carbocycles.